The smallest absolute Gasteiger partial charge is 0.259 e. The molecule has 2 aliphatic rings. The normalized spacial score (nSPS) is 17.2. The molecule has 0 radical (unpaired) electrons. The van der Waals surface area contributed by atoms with Crippen LogP contribution in [0.4, 0.5) is 0 Å². The van der Waals surface area contributed by atoms with E-state index in [0.29, 0.717) is 29.8 Å². The lowest BCUT2D eigenvalue weighted by molar-refractivity contribution is -0.118. The summed E-state index contributed by atoms with van der Waals surface area (Å²) in [6, 6.07) is 0.0780. The number of thiophene rings is 1. The molecule has 2 aromatic rings. The van der Waals surface area contributed by atoms with Gasteiger partial charge in [-0.15, -0.1) is 35.5 Å². The number of nitrogens with zero attached hydrogens (tertiary/aromatic N) is 1. The van der Waals surface area contributed by atoms with Crippen molar-refractivity contribution < 1.29 is 4.79 Å². The first-order valence-electron chi connectivity index (χ1n) is 9.25. The van der Waals surface area contributed by atoms with Gasteiger partial charge in [-0.3, -0.25) is 9.59 Å². The van der Waals surface area contributed by atoms with Crippen molar-refractivity contribution in [2.75, 3.05) is 12.3 Å². The molecule has 0 spiro atoms. The van der Waals surface area contributed by atoms with E-state index in [1.54, 1.807) is 11.3 Å². The molecule has 4 N–H and O–H groups in total. The van der Waals surface area contributed by atoms with Crippen LogP contribution in [-0.4, -0.2) is 34.2 Å². The summed E-state index contributed by atoms with van der Waals surface area (Å²) in [6.45, 7) is 0.547. The van der Waals surface area contributed by atoms with Crippen molar-refractivity contribution in [3.05, 3.63) is 26.6 Å². The maximum absolute atomic E-state index is 12.5. The Hall–Kier alpha value is -1.09. The van der Waals surface area contributed by atoms with Crippen LogP contribution >= 0.6 is 35.5 Å². The number of aryl methyl sites for hydroxylation is 2. The number of H-pyrrole nitrogens is 1. The highest BCUT2D eigenvalue weighted by atomic mass is 35.5. The molecule has 27 heavy (non-hydrogen) atoms. The standard InChI is InChI=1S/C18H24N4O2S2.ClH/c19-12(10-5-6-10)7-20-15(23)9-25-8-14-21-17(24)16-11-3-1-2-4-13(11)26-18(16)22-14;/h10,12H,1-9,19H2,(H,20,23)(H,21,22,24);1H. The van der Waals surface area contributed by atoms with E-state index in [1.165, 1.54) is 41.5 Å². The van der Waals surface area contributed by atoms with Gasteiger partial charge in [0.2, 0.25) is 5.91 Å². The predicted molar refractivity (Wildman–Crippen MR) is 114 cm³/mol. The third-order valence-corrected chi connectivity index (χ3v) is 7.24. The summed E-state index contributed by atoms with van der Waals surface area (Å²) < 4.78 is 0. The van der Waals surface area contributed by atoms with E-state index >= 15 is 0 Å². The van der Waals surface area contributed by atoms with Gasteiger partial charge in [0, 0.05) is 17.5 Å². The summed E-state index contributed by atoms with van der Waals surface area (Å²) in [5, 5.41) is 3.67. The molecule has 1 atom stereocenters. The quantitative estimate of drug-likeness (QED) is 0.628. The summed E-state index contributed by atoms with van der Waals surface area (Å²) in [5.74, 6) is 2.09. The first-order valence-corrected chi connectivity index (χ1v) is 11.2. The van der Waals surface area contributed by atoms with Crippen LogP contribution in [0.15, 0.2) is 4.79 Å². The topological polar surface area (TPSA) is 101 Å². The molecule has 0 bridgehead atoms. The van der Waals surface area contributed by atoms with E-state index in [4.69, 9.17) is 5.73 Å². The van der Waals surface area contributed by atoms with E-state index in [9.17, 15) is 9.59 Å². The minimum Gasteiger partial charge on any atom is -0.354 e. The van der Waals surface area contributed by atoms with Crippen molar-refractivity contribution in [2.24, 2.45) is 11.7 Å². The molecule has 0 saturated heterocycles. The fraction of sp³-hybridized carbons (Fsp3) is 0.611. The second kappa shape index (κ2) is 8.94. The van der Waals surface area contributed by atoms with Gasteiger partial charge < -0.3 is 16.0 Å². The van der Waals surface area contributed by atoms with Crippen LogP contribution in [0.25, 0.3) is 10.2 Å². The molecule has 1 fully saturated rings. The van der Waals surface area contributed by atoms with E-state index in [-0.39, 0.29) is 29.9 Å². The third-order valence-electron chi connectivity index (χ3n) is 5.11. The number of nitrogens with two attached hydrogens (primary N) is 1. The lowest BCUT2D eigenvalue weighted by atomic mass is 9.97. The molecule has 0 aromatic carbocycles. The Morgan fingerprint density at radius 3 is 2.93 bits per heavy atom. The number of nitrogens with one attached hydrogen (secondary N) is 2. The van der Waals surface area contributed by atoms with Gasteiger partial charge in [0.15, 0.2) is 0 Å². The Labute approximate surface area is 172 Å². The van der Waals surface area contributed by atoms with Crippen LogP contribution in [0, 0.1) is 5.92 Å². The van der Waals surface area contributed by atoms with Gasteiger partial charge in [-0.05, 0) is 50.0 Å². The van der Waals surface area contributed by atoms with Gasteiger partial charge in [-0.2, -0.15) is 0 Å². The summed E-state index contributed by atoms with van der Waals surface area (Å²) in [6.07, 6.45) is 6.74. The van der Waals surface area contributed by atoms with Gasteiger partial charge in [0.25, 0.3) is 5.56 Å². The molecule has 1 unspecified atom stereocenters. The Bertz CT molecular complexity index is 878. The zero-order chi connectivity index (χ0) is 18.1. The number of aromatic nitrogens is 2. The minimum absolute atomic E-state index is 0. The average Bonchev–Trinajstić information content (AvgIpc) is 3.40. The van der Waals surface area contributed by atoms with E-state index < -0.39 is 0 Å². The molecular weight excluding hydrogens is 404 g/mol. The van der Waals surface area contributed by atoms with Crippen LogP contribution in [0.2, 0.25) is 0 Å². The highest BCUT2D eigenvalue weighted by molar-refractivity contribution is 7.99. The minimum atomic E-state index is -0.0372. The highest BCUT2D eigenvalue weighted by Crippen LogP contribution is 2.33. The first-order chi connectivity index (χ1) is 12.6. The maximum atomic E-state index is 12.5. The van der Waals surface area contributed by atoms with Crippen molar-refractivity contribution in [3.8, 4) is 0 Å². The number of carbonyl (C=O) groups is 1. The molecule has 148 valence electrons. The monoisotopic (exact) mass is 428 g/mol. The fourth-order valence-electron chi connectivity index (χ4n) is 3.49. The lowest BCUT2D eigenvalue weighted by Gasteiger charge is -2.11. The number of fused-ring (bicyclic) bond motifs is 3. The molecule has 2 aromatic heterocycles. The molecule has 0 aliphatic heterocycles. The first kappa shape index (κ1) is 20.6. The van der Waals surface area contributed by atoms with Crippen molar-refractivity contribution in [3.63, 3.8) is 0 Å². The molecule has 2 heterocycles. The SMILES string of the molecule is Cl.NC(CNC(=O)CSCc1nc2sc3c(c2c(=O)[nH]1)CCCC3)C1CC1. The van der Waals surface area contributed by atoms with Crippen LogP contribution < -0.4 is 16.6 Å². The number of hydrogen-bond donors (Lipinski definition) is 3. The average molecular weight is 429 g/mol. The molecule has 6 nitrogen and oxygen atoms in total. The van der Waals surface area contributed by atoms with Crippen LogP contribution in [0.5, 0.6) is 0 Å². The molecule has 1 amide bonds. The predicted octanol–water partition coefficient (Wildman–Crippen LogP) is 2.37. The zero-order valence-electron chi connectivity index (χ0n) is 15.1. The van der Waals surface area contributed by atoms with E-state index in [2.05, 4.69) is 15.3 Å². The van der Waals surface area contributed by atoms with Gasteiger partial charge in [-0.1, -0.05) is 0 Å². The number of aromatic amines is 1. The Morgan fingerprint density at radius 2 is 2.15 bits per heavy atom. The van der Waals surface area contributed by atoms with E-state index in [0.717, 1.165) is 29.5 Å². The summed E-state index contributed by atoms with van der Waals surface area (Å²) in [7, 11) is 0. The summed E-state index contributed by atoms with van der Waals surface area (Å²) >= 11 is 3.12. The van der Waals surface area contributed by atoms with Crippen LogP contribution in [-0.2, 0) is 23.4 Å². The zero-order valence-corrected chi connectivity index (χ0v) is 17.5. The molecule has 1 saturated carbocycles. The number of carbonyl (C=O) groups excluding carboxylic acids is 1. The van der Waals surface area contributed by atoms with Crippen molar-refractivity contribution in [2.45, 2.75) is 50.3 Å². The number of thioether (sulfide) groups is 1. The maximum Gasteiger partial charge on any atom is 0.259 e. The number of amides is 1. The van der Waals surface area contributed by atoms with Gasteiger partial charge in [-0.25, -0.2) is 4.98 Å². The number of rotatable bonds is 7. The summed E-state index contributed by atoms with van der Waals surface area (Å²) in [4.78, 5) is 34.1. The Kier molecular flexibility index (Phi) is 6.83. The van der Waals surface area contributed by atoms with Crippen molar-refractivity contribution >= 4 is 51.6 Å². The molecule has 4 rings (SSSR count). The molecule has 2 aliphatic carbocycles. The number of hydrogen-bond acceptors (Lipinski definition) is 6. The van der Waals surface area contributed by atoms with E-state index in [1.807, 2.05) is 0 Å². The van der Waals surface area contributed by atoms with Crippen LogP contribution in [0.3, 0.4) is 0 Å². The second-order valence-corrected chi connectivity index (χ2v) is 9.27. The highest BCUT2D eigenvalue weighted by Gasteiger charge is 2.28. The third kappa shape index (κ3) is 4.85. The van der Waals surface area contributed by atoms with Crippen molar-refractivity contribution in [1.29, 1.82) is 0 Å². The largest absolute Gasteiger partial charge is 0.354 e. The Balaban J connectivity index is 0.00000210. The van der Waals surface area contributed by atoms with Crippen molar-refractivity contribution in [1.82, 2.24) is 15.3 Å². The second-order valence-electron chi connectivity index (χ2n) is 7.20. The molecular formula is C18H25ClN4O2S2. The summed E-state index contributed by atoms with van der Waals surface area (Å²) in [5.41, 5.74) is 7.15. The van der Waals surface area contributed by atoms with Gasteiger partial charge in [0.05, 0.1) is 16.9 Å². The molecule has 9 heteroatoms. The fourth-order valence-corrected chi connectivity index (χ4v) is 5.49. The van der Waals surface area contributed by atoms with Crippen LogP contribution in [0.1, 0.15) is 41.9 Å². The number of halogens is 1. The Morgan fingerprint density at radius 1 is 1.37 bits per heavy atom. The lowest BCUT2D eigenvalue weighted by Crippen LogP contribution is -2.39. The van der Waals surface area contributed by atoms with Gasteiger partial charge in [0.1, 0.15) is 10.7 Å². The van der Waals surface area contributed by atoms with Gasteiger partial charge >= 0.3 is 0 Å².